The van der Waals surface area contributed by atoms with Gasteiger partial charge in [0.05, 0.1) is 5.39 Å². The van der Waals surface area contributed by atoms with Gasteiger partial charge < -0.3 is 9.80 Å². The standard InChI is InChI=1S/C22H32N4OS/c1-5-15(4)20-23-21(26-11-9-25(10-12-26)18(27)6-2)19-16-8-7-14(3)13-17(16)28-22(19)24-20/h14-15H,5-13H2,1-4H3/t14-,15-/m0/s1. The van der Waals surface area contributed by atoms with Crippen LogP contribution >= 0.6 is 11.3 Å². The van der Waals surface area contributed by atoms with E-state index in [2.05, 4.69) is 25.7 Å². The van der Waals surface area contributed by atoms with Gasteiger partial charge in [0.1, 0.15) is 16.5 Å². The molecule has 2 aromatic heterocycles. The number of aryl methyl sites for hydroxylation is 1. The van der Waals surface area contributed by atoms with Crippen LogP contribution in [0.15, 0.2) is 0 Å². The van der Waals surface area contributed by atoms with Gasteiger partial charge in [-0.3, -0.25) is 4.79 Å². The summed E-state index contributed by atoms with van der Waals surface area (Å²) in [5.41, 5.74) is 1.50. The van der Waals surface area contributed by atoms with E-state index >= 15 is 0 Å². The second-order valence-corrected chi connectivity index (χ2v) is 9.55. The lowest BCUT2D eigenvalue weighted by Gasteiger charge is -2.36. The van der Waals surface area contributed by atoms with Crippen molar-refractivity contribution >= 4 is 33.3 Å². The van der Waals surface area contributed by atoms with Gasteiger partial charge in [0.2, 0.25) is 5.91 Å². The number of aromatic nitrogens is 2. The third-order valence-corrected chi connectivity index (χ3v) is 7.59. The molecule has 1 amide bonds. The van der Waals surface area contributed by atoms with Gasteiger partial charge in [0.25, 0.3) is 0 Å². The molecule has 1 fully saturated rings. The Morgan fingerprint density at radius 1 is 1.21 bits per heavy atom. The number of fused-ring (bicyclic) bond motifs is 3. The second-order valence-electron chi connectivity index (χ2n) is 8.47. The number of piperazine rings is 1. The molecule has 3 heterocycles. The van der Waals surface area contributed by atoms with Gasteiger partial charge in [-0.05, 0) is 37.2 Å². The summed E-state index contributed by atoms with van der Waals surface area (Å²) in [6.45, 7) is 12.0. The van der Waals surface area contributed by atoms with Crippen molar-refractivity contribution in [2.45, 2.75) is 65.7 Å². The minimum absolute atomic E-state index is 0.259. The maximum Gasteiger partial charge on any atom is 0.222 e. The smallest absolute Gasteiger partial charge is 0.222 e. The fourth-order valence-electron chi connectivity index (χ4n) is 4.36. The molecule has 2 aromatic rings. The summed E-state index contributed by atoms with van der Waals surface area (Å²) in [7, 11) is 0. The molecular formula is C22H32N4OS. The Kier molecular flexibility index (Phi) is 5.59. The quantitative estimate of drug-likeness (QED) is 0.764. The first-order valence-corrected chi connectivity index (χ1v) is 11.7. The van der Waals surface area contributed by atoms with Crippen molar-refractivity contribution in [3.05, 3.63) is 16.3 Å². The van der Waals surface area contributed by atoms with Gasteiger partial charge in [-0.25, -0.2) is 9.97 Å². The molecule has 1 saturated heterocycles. The van der Waals surface area contributed by atoms with Gasteiger partial charge in [-0.2, -0.15) is 0 Å². The molecule has 28 heavy (non-hydrogen) atoms. The molecule has 0 unspecified atom stereocenters. The van der Waals surface area contributed by atoms with Crippen molar-refractivity contribution in [1.29, 1.82) is 0 Å². The van der Waals surface area contributed by atoms with Crippen LogP contribution in [0.2, 0.25) is 0 Å². The zero-order valence-corrected chi connectivity index (χ0v) is 18.4. The molecule has 2 aliphatic rings. The summed E-state index contributed by atoms with van der Waals surface area (Å²) in [5, 5.41) is 1.30. The lowest BCUT2D eigenvalue weighted by molar-refractivity contribution is -0.131. The van der Waals surface area contributed by atoms with E-state index in [1.807, 2.05) is 23.2 Å². The molecule has 152 valence electrons. The summed E-state index contributed by atoms with van der Waals surface area (Å²) in [6, 6.07) is 0. The highest BCUT2D eigenvalue weighted by Gasteiger charge is 2.28. The summed E-state index contributed by atoms with van der Waals surface area (Å²) >= 11 is 1.89. The first-order valence-electron chi connectivity index (χ1n) is 10.9. The molecular weight excluding hydrogens is 368 g/mol. The number of nitrogens with zero attached hydrogens (tertiary/aromatic N) is 4. The molecule has 0 aromatic carbocycles. The van der Waals surface area contributed by atoms with Gasteiger partial charge in [0.15, 0.2) is 0 Å². The Labute approximate surface area is 172 Å². The average Bonchev–Trinajstić information content (AvgIpc) is 3.09. The maximum atomic E-state index is 12.1. The van der Waals surface area contributed by atoms with Crippen molar-refractivity contribution in [2.75, 3.05) is 31.1 Å². The Hall–Kier alpha value is -1.69. The molecule has 0 saturated carbocycles. The predicted octanol–water partition coefficient (Wildman–Crippen LogP) is 4.39. The van der Waals surface area contributed by atoms with Crippen LogP contribution < -0.4 is 4.90 Å². The number of anilines is 1. The second kappa shape index (κ2) is 7.97. The fourth-order valence-corrected chi connectivity index (χ4v) is 5.75. The number of hydrogen-bond donors (Lipinski definition) is 0. The molecule has 2 atom stereocenters. The van der Waals surface area contributed by atoms with Crippen molar-refractivity contribution in [3.8, 4) is 0 Å². The maximum absolute atomic E-state index is 12.1. The molecule has 0 bridgehead atoms. The topological polar surface area (TPSA) is 49.3 Å². The van der Waals surface area contributed by atoms with Crippen LogP contribution in [0.4, 0.5) is 5.82 Å². The van der Waals surface area contributed by atoms with Gasteiger partial charge >= 0.3 is 0 Å². The normalized spacial score (nSPS) is 21.1. The molecule has 5 nitrogen and oxygen atoms in total. The summed E-state index contributed by atoms with van der Waals surface area (Å²) in [5.74, 6) is 3.48. The number of rotatable bonds is 4. The number of carbonyl (C=O) groups is 1. The summed E-state index contributed by atoms with van der Waals surface area (Å²) in [4.78, 5) is 29.3. The van der Waals surface area contributed by atoms with Crippen LogP contribution in [0.25, 0.3) is 10.2 Å². The molecule has 0 radical (unpaired) electrons. The van der Waals surface area contributed by atoms with Crippen LogP contribution in [-0.4, -0.2) is 47.0 Å². The van der Waals surface area contributed by atoms with Crippen molar-refractivity contribution in [1.82, 2.24) is 14.9 Å². The SMILES string of the molecule is CCC(=O)N1CCN(c2nc([C@@H](C)CC)nc3sc4c(c23)CC[C@H](C)C4)CC1. The first-order chi connectivity index (χ1) is 13.5. The summed E-state index contributed by atoms with van der Waals surface area (Å²) in [6.07, 6.45) is 5.21. The van der Waals surface area contributed by atoms with Gasteiger partial charge in [-0.15, -0.1) is 11.3 Å². The highest BCUT2D eigenvalue weighted by atomic mass is 32.1. The Balaban J connectivity index is 1.74. The number of carbonyl (C=O) groups excluding carboxylic acids is 1. The van der Waals surface area contributed by atoms with Crippen LogP contribution in [0.1, 0.15) is 69.1 Å². The van der Waals surface area contributed by atoms with Crippen LogP contribution in [0.5, 0.6) is 0 Å². The number of thiophene rings is 1. The average molecular weight is 401 g/mol. The van der Waals surface area contributed by atoms with E-state index in [0.717, 1.165) is 56.6 Å². The van der Waals surface area contributed by atoms with E-state index in [-0.39, 0.29) is 5.91 Å². The van der Waals surface area contributed by atoms with Gasteiger partial charge in [0, 0.05) is 43.4 Å². The monoisotopic (exact) mass is 400 g/mol. The van der Waals surface area contributed by atoms with Crippen LogP contribution in [-0.2, 0) is 17.6 Å². The predicted molar refractivity (Wildman–Crippen MR) is 116 cm³/mol. The zero-order valence-electron chi connectivity index (χ0n) is 17.6. The number of amides is 1. The molecule has 1 aliphatic carbocycles. The third-order valence-electron chi connectivity index (χ3n) is 6.44. The van der Waals surface area contributed by atoms with E-state index < -0.39 is 0 Å². The van der Waals surface area contributed by atoms with Crippen molar-refractivity contribution in [2.24, 2.45) is 5.92 Å². The first kappa shape index (κ1) is 19.6. The molecule has 0 N–H and O–H groups in total. The zero-order chi connectivity index (χ0) is 19.8. The molecule has 1 aliphatic heterocycles. The molecule has 6 heteroatoms. The Morgan fingerprint density at radius 2 is 1.96 bits per heavy atom. The minimum Gasteiger partial charge on any atom is -0.352 e. The Morgan fingerprint density at radius 3 is 2.64 bits per heavy atom. The van der Waals surface area contributed by atoms with E-state index in [1.54, 1.807) is 0 Å². The lowest BCUT2D eigenvalue weighted by Crippen LogP contribution is -2.49. The van der Waals surface area contributed by atoms with Gasteiger partial charge in [-0.1, -0.05) is 27.7 Å². The molecule has 4 rings (SSSR count). The largest absolute Gasteiger partial charge is 0.352 e. The highest BCUT2D eigenvalue weighted by Crippen LogP contribution is 2.41. The fraction of sp³-hybridized carbons (Fsp3) is 0.682. The molecule has 0 spiro atoms. The van der Waals surface area contributed by atoms with E-state index in [1.165, 1.54) is 33.5 Å². The van der Waals surface area contributed by atoms with E-state index in [4.69, 9.17) is 9.97 Å². The number of hydrogen-bond acceptors (Lipinski definition) is 5. The minimum atomic E-state index is 0.259. The van der Waals surface area contributed by atoms with Crippen LogP contribution in [0.3, 0.4) is 0 Å². The van der Waals surface area contributed by atoms with Crippen LogP contribution in [0, 0.1) is 5.92 Å². The highest BCUT2D eigenvalue weighted by molar-refractivity contribution is 7.19. The van der Waals surface area contributed by atoms with E-state index in [0.29, 0.717) is 12.3 Å². The third kappa shape index (κ3) is 3.51. The lowest BCUT2D eigenvalue weighted by atomic mass is 9.89. The summed E-state index contributed by atoms with van der Waals surface area (Å²) < 4.78 is 0. The van der Waals surface area contributed by atoms with Crippen molar-refractivity contribution in [3.63, 3.8) is 0 Å². The van der Waals surface area contributed by atoms with E-state index in [9.17, 15) is 4.79 Å². The van der Waals surface area contributed by atoms with Crippen molar-refractivity contribution < 1.29 is 4.79 Å². The Bertz CT molecular complexity index is 869.